The summed E-state index contributed by atoms with van der Waals surface area (Å²) < 4.78 is 0. The number of carbonyl (C=O) groups is 1. The minimum atomic E-state index is -0.466. The molecule has 1 saturated carbocycles. The monoisotopic (exact) mass is 266 g/mol. The fourth-order valence-corrected chi connectivity index (χ4v) is 3.75. The molecule has 3 rings (SSSR count). The average molecular weight is 266 g/mol. The Morgan fingerprint density at radius 2 is 2.00 bits per heavy atom. The van der Waals surface area contributed by atoms with Crippen molar-refractivity contribution in [1.29, 1.82) is 0 Å². The average Bonchev–Trinajstić information content (AvgIpc) is 3.21. The number of nitrogens with zero attached hydrogens (tertiary/aromatic N) is 2. The summed E-state index contributed by atoms with van der Waals surface area (Å²) in [6.45, 7) is 5.01. The van der Waals surface area contributed by atoms with Crippen molar-refractivity contribution in [3.05, 3.63) is 0 Å². The number of amides is 1. The van der Waals surface area contributed by atoms with Crippen molar-refractivity contribution in [2.24, 2.45) is 5.92 Å². The first kappa shape index (κ1) is 13.4. The molecule has 1 N–H and O–H groups in total. The number of likely N-dealkylation sites (tertiary alicyclic amines) is 2. The lowest BCUT2D eigenvalue weighted by Gasteiger charge is -2.47. The summed E-state index contributed by atoms with van der Waals surface area (Å²) in [5.41, 5.74) is -0.466. The number of β-amino-alcohol motifs (C(OH)–C–C–N with tert-alkyl or cyclic N) is 1. The molecule has 1 atom stereocenters. The van der Waals surface area contributed by atoms with Crippen LogP contribution >= 0.6 is 0 Å². The number of hydrogen-bond acceptors (Lipinski definition) is 3. The lowest BCUT2D eigenvalue weighted by Crippen LogP contribution is -2.65. The van der Waals surface area contributed by atoms with Crippen LogP contribution in [0.2, 0.25) is 0 Å². The molecule has 0 bridgehead atoms. The molecule has 1 amide bonds. The summed E-state index contributed by atoms with van der Waals surface area (Å²) in [5.74, 6) is 0.779. The summed E-state index contributed by atoms with van der Waals surface area (Å²) in [6.07, 6.45) is 6.97. The molecule has 2 heterocycles. The first-order valence-electron chi connectivity index (χ1n) is 7.86. The Labute approximate surface area is 115 Å². The van der Waals surface area contributed by atoms with E-state index in [1.54, 1.807) is 0 Å². The van der Waals surface area contributed by atoms with Crippen molar-refractivity contribution in [2.75, 3.05) is 26.2 Å². The van der Waals surface area contributed by atoms with Crippen LogP contribution in [0.1, 0.15) is 45.4 Å². The molecular weight excluding hydrogens is 240 g/mol. The Morgan fingerprint density at radius 1 is 1.26 bits per heavy atom. The Morgan fingerprint density at radius 3 is 2.63 bits per heavy atom. The van der Waals surface area contributed by atoms with Gasteiger partial charge in [0, 0.05) is 25.7 Å². The van der Waals surface area contributed by atoms with Gasteiger partial charge in [0.25, 0.3) is 0 Å². The van der Waals surface area contributed by atoms with E-state index in [1.165, 1.54) is 19.3 Å². The van der Waals surface area contributed by atoms with E-state index in [1.807, 2.05) is 0 Å². The summed E-state index contributed by atoms with van der Waals surface area (Å²) in [5, 5.41) is 10.3. The predicted octanol–water partition coefficient (Wildman–Crippen LogP) is 1.23. The van der Waals surface area contributed by atoms with Crippen LogP contribution in [0.15, 0.2) is 0 Å². The summed E-state index contributed by atoms with van der Waals surface area (Å²) in [4.78, 5) is 16.6. The van der Waals surface area contributed by atoms with Gasteiger partial charge < -0.3 is 10.0 Å². The van der Waals surface area contributed by atoms with Crippen molar-refractivity contribution in [3.8, 4) is 0 Å². The zero-order valence-corrected chi connectivity index (χ0v) is 12.0. The third-order valence-corrected chi connectivity index (χ3v) is 5.11. The van der Waals surface area contributed by atoms with Crippen LogP contribution < -0.4 is 0 Å². The smallest absolute Gasteiger partial charge is 0.237 e. The third-order valence-electron chi connectivity index (χ3n) is 5.11. The van der Waals surface area contributed by atoms with E-state index in [2.05, 4.69) is 16.7 Å². The number of hydrogen-bond donors (Lipinski definition) is 1. The van der Waals surface area contributed by atoms with E-state index < -0.39 is 5.60 Å². The summed E-state index contributed by atoms with van der Waals surface area (Å²) in [6, 6.07) is 0.449. The van der Waals surface area contributed by atoms with Crippen LogP contribution in [0, 0.1) is 5.92 Å². The Bertz CT molecular complexity index is 348. The van der Waals surface area contributed by atoms with Gasteiger partial charge in [-0.2, -0.15) is 0 Å². The molecule has 19 heavy (non-hydrogen) atoms. The Kier molecular flexibility index (Phi) is 3.56. The maximum atomic E-state index is 12.4. The molecule has 0 spiro atoms. The van der Waals surface area contributed by atoms with Crippen LogP contribution in [0.5, 0.6) is 0 Å². The highest BCUT2D eigenvalue weighted by Gasteiger charge is 2.52. The molecule has 4 nitrogen and oxygen atoms in total. The molecule has 0 aromatic carbocycles. The van der Waals surface area contributed by atoms with Gasteiger partial charge in [-0.1, -0.05) is 6.92 Å². The van der Waals surface area contributed by atoms with Crippen LogP contribution in [-0.4, -0.2) is 58.6 Å². The number of aliphatic hydroxyl groups is 1. The van der Waals surface area contributed by atoms with Gasteiger partial charge in [0.1, 0.15) is 0 Å². The normalized spacial score (nSPS) is 31.1. The van der Waals surface area contributed by atoms with Gasteiger partial charge in [-0.25, -0.2) is 0 Å². The summed E-state index contributed by atoms with van der Waals surface area (Å²) in [7, 11) is 0. The minimum Gasteiger partial charge on any atom is -0.387 e. The highest BCUT2D eigenvalue weighted by molar-refractivity contribution is 5.78. The quantitative estimate of drug-likeness (QED) is 0.832. The fourth-order valence-electron chi connectivity index (χ4n) is 3.75. The van der Waals surface area contributed by atoms with Crippen LogP contribution in [0.3, 0.4) is 0 Å². The second-order valence-electron chi connectivity index (χ2n) is 6.67. The van der Waals surface area contributed by atoms with Crippen molar-refractivity contribution >= 4 is 5.91 Å². The predicted molar refractivity (Wildman–Crippen MR) is 73.8 cm³/mol. The number of rotatable bonds is 4. The molecule has 3 aliphatic rings. The van der Waals surface area contributed by atoms with Gasteiger partial charge in [0.05, 0.1) is 12.1 Å². The van der Waals surface area contributed by atoms with Crippen LogP contribution in [0.25, 0.3) is 0 Å². The molecule has 1 unspecified atom stereocenters. The number of piperidine rings is 1. The van der Waals surface area contributed by atoms with Crippen LogP contribution in [0.4, 0.5) is 0 Å². The van der Waals surface area contributed by atoms with Gasteiger partial charge in [-0.3, -0.25) is 9.69 Å². The van der Waals surface area contributed by atoms with E-state index in [0.717, 1.165) is 25.8 Å². The number of carbonyl (C=O) groups excluding carboxylic acids is 1. The lowest BCUT2D eigenvalue weighted by molar-refractivity contribution is -0.147. The molecule has 4 heteroatoms. The Hall–Kier alpha value is -0.610. The van der Waals surface area contributed by atoms with Gasteiger partial charge in [-0.05, 0) is 44.4 Å². The molecule has 3 fully saturated rings. The van der Waals surface area contributed by atoms with Gasteiger partial charge in [0.15, 0.2) is 0 Å². The Balaban J connectivity index is 1.48. The van der Waals surface area contributed by atoms with Crippen molar-refractivity contribution in [2.45, 2.75) is 57.1 Å². The topological polar surface area (TPSA) is 43.8 Å². The summed E-state index contributed by atoms with van der Waals surface area (Å²) >= 11 is 0. The lowest BCUT2D eigenvalue weighted by atomic mass is 9.88. The van der Waals surface area contributed by atoms with Crippen molar-refractivity contribution in [1.82, 2.24) is 9.80 Å². The highest BCUT2D eigenvalue weighted by Crippen LogP contribution is 2.44. The second-order valence-corrected chi connectivity index (χ2v) is 6.67. The van der Waals surface area contributed by atoms with Crippen molar-refractivity contribution in [3.63, 3.8) is 0 Å². The minimum absolute atomic E-state index is 0.268. The second kappa shape index (κ2) is 5.06. The SMILES string of the molecule is CCC1CCCCN1C(=O)CN1CC(O)(C2CC2)C1. The maximum Gasteiger partial charge on any atom is 0.237 e. The van der Waals surface area contributed by atoms with Gasteiger partial charge >= 0.3 is 0 Å². The molecule has 2 aliphatic heterocycles. The molecule has 0 aromatic heterocycles. The third kappa shape index (κ3) is 2.65. The van der Waals surface area contributed by atoms with E-state index >= 15 is 0 Å². The van der Waals surface area contributed by atoms with E-state index in [0.29, 0.717) is 31.6 Å². The first-order chi connectivity index (χ1) is 9.12. The fraction of sp³-hybridized carbons (Fsp3) is 0.933. The molecule has 0 aromatic rings. The van der Waals surface area contributed by atoms with E-state index in [-0.39, 0.29) is 5.91 Å². The molecular formula is C15H26N2O2. The standard InChI is InChI=1S/C15H26N2O2/c1-2-13-5-3-4-8-17(13)14(18)9-16-10-15(19,11-16)12-6-7-12/h12-13,19H,2-11H2,1H3. The van der Waals surface area contributed by atoms with Gasteiger partial charge in [0.2, 0.25) is 5.91 Å². The van der Waals surface area contributed by atoms with Crippen molar-refractivity contribution < 1.29 is 9.90 Å². The molecule has 1 aliphatic carbocycles. The zero-order valence-electron chi connectivity index (χ0n) is 12.0. The molecule has 108 valence electrons. The van der Waals surface area contributed by atoms with Crippen LogP contribution in [-0.2, 0) is 4.79 Å². The maximum absolute atomic E-state index is 12.4. The zero-order chi connectivity index (χ0) is 13.5. The largest absolute Gasteiger partial charge is 0.387 e. The molecule has 0 radical (unpaired) electrons. The molecule has 2 saturated heterocycles. The van der Waals surface area contributed by atoms with E-state index in [4.69, 9.17) is 0 Å². The van der Waals surface area contributed by atoms with E-state index in [9.17, 15) is 9.90 Å². The van der Waals surface area contributed by atoms with Gasteiger partial charge in [-0.15, -0.1) is 0 Å². The highest BCUT2D eigenvalue weighted by atomic mass is 16.3. The first-order valence-corrected chi connectivity index (χ1v) is 7.86.